The second-order valence-corrected chi connectivity index (χ2v) is 5.82. The topological polar surface area (TPSA) is 40.5 Å². The molecule has 1 saturated carbocycles. The van der Waals surface area contributed by atoms with Gasteiger partial charge in [-0.05, 0) is 44.5 Å². The summed E-state index contributed by atoms with van der Waals surface area (Å²) in [4.78, 5) is 13.6. The van der Waals surface area contributed by atoms with Crippen molar-refractivity contribution in [1.29, 1.82) is 0 Å². The number of rotatable bonds is 6. The number of hydrogen-bond acceptors (Lipinski definition) is 2. The average Bonchev–Trinajstić information content (AvgIpc) is 3.13. The molecule has 0 saturated heterocycles. The van der Waals surface area contributed by atoms with E-state index in [1.807, 2.05) is 19.0 Å². The van der Waals surface area contributed by atoms with Crippen LogP contribution in [0.15, 0.2) is 24.3 Å². The first kappa shape index (κ1) is 14.1. The van der Waals surface area contributed by atoms with Crippen molar-refractivity contribution in [2.45, 2.75) is 38.6 Å². The predicted octanol–water partition coefficient (Wildman–Crippen LogP) is 3.11. The average molecular weight is 261 g/mol. The Kier molecular flexibility index (Phi) is 3.95. The fraction of sp³-hybridized carbons (Fsp3) is 0.562. The fourth-order valence-electron chi connectivity index (χ4n) is 3.01. The summed E-state index contributed by atoms with van der Waals surface area (Å²) >= 11 is 0. The molecular weight excluding hydrogens is 238 g/mol. The third-order valence-corrected chi connectivity index (χ3v) is 4.09. The van der Waals surface area contributed by atoms with Gasteiger partial charge in [0.25, 0.3) is 0 Å². The van der Waals surface area contributed by atoms with Gasteiger partial charge in [-0.2, -0.15) is 0 Å². The van der Waals surface area contributed by atoms with Crippen LogP contribution in [0.2, 0.25) is 0 Å². The molecular formula is C16H23NO2. The lowest BCUT2D eigenvalue weighted by molar-refractivity contribution is -0.146. The molecule has 104 valence electrons. The van der Waals surface area contributed by atoms with Gasteiger partial charge in [0.2, 0.25) is 0 Å². The highest BCUT2D eigenvalue weighted by Gasteiger charge is 2.57. The lowest BCUT2D eigenvalue weighted by Gasteiger charge is -2.30. The summed E-state index contributed by atoms with van der Waals surface area (Å²) in [6.45, 7) is 2.17. The monoisotopic (exact) mass is 261 g/mol. The molecule has 1 fully saturated rings. The number of carboxylic acid groups (broad SMARTS) is 1. The summed E-state index contributed by atoms with van der Waals surface area (Å²) in [6.07, 6.45) is 3.77. The van der Waals surface area contributed by atoms with Crippen LogP contribution in [-0.4, -0.2) is 30.1 Å². The van der Waals surface area contributed by atoms with Gasteiger partial charge in [0, 0.05) is 0 Å². The van der Waals surface area contributed by atoms with Crippen LogP contribution in [0.3, 0.4) is 0 Å². The van der Waals surface area contributed by atoms with Gasteiger partial charge in [0.15, 0.2) is 0 Å². The first-order valence-electron chi connectivity index (χ1n) is 7.00. The molecule has 1 aliphatic rings. The summed E-state index contributed by atoms with van der Waals surface area (Å²) in [5.41, 5.74) is 1.86. The molecule has 1 aromatic rings. The second kappa shape index (κ2) is 5.33. The Bertz CT molecular complexity index is 446. The van der Waals surface area contributed by atoms with Gasteiger partial charge < -0.3 is 10.0 Å². The Morgan fingerprint density at radius 3 is 2.26 bits per heavy atom. The molecule has 0 amide bonds. The molecule has 1 atom stereocenters. The first-order chi connectivity index (χ1) is 9.01. The lowest BCUT2D eigenvalue weighted by Crippen LogP contribution is -2.33. The number of carboxylic acids is 1. The molecule has 2 rings (SSSR count). The van der Waals surface area contributed by atoms with Crippen molar-refractivity contribution in [2.75, 3.05) is 14.1 Å². The molecule has 3 nitrogen and oxygen atoms in total. The van der Waals surface area contributed by atoms with Crippen LogP contribution in [-0.2, 0) is 11.2 Å². The van der Waals surface area contributed by atoms with Crippen LogP contribution in [0, 0.1) is 5.41 Å². The third kappa shape index (κ3) is 2.66. The van der Waals surface area contributed by atoms with Crippen molar-refractivity contribution in [1.82, 2.24) is 4.90 Å². The zero-order valence-electron chi connectivity index (χ0n) is 12.0. The van der Waals surface area contributed by atoms with Crippen molar-refractivity contribution < 1.29 is 9.90 Å². The number of aryl methyl sites for hydroxylation is 1. The summed E-state index contributed by atoms with van der Waals surface area (Å²) in [5, 5.41) is 9.50. The maximum Gasteiger partial charge on any atom is 0.311 e. The molecule has 0 aliphatic heterocycles. The van der Waals surface area contributed by atoms with Crippen LogP contribution >= 0.6 is 0 Å². The number of carbonyl (C=O) groups is 1. The third-order valence-electron chi connectivity index (χ3n) is 4.09. The van der Waals surface area contributed by atoms with E-state index in [1.165, 1.54) is 5.56 Å². The van der Waals surface area contributed by atoms with E-state index in [0.29, 0.717) is 0 Å². The summed E-state index contributed by atoms with van der Waals surface area (Å²) < 4.78 is 0. The molecule has 0 bridgehead atoms. The van der Waals surface area contributed by atoms with Crippen LogP contribution in [0.1, 0.15) is 43.4 Å². The van der Waals surface area contributed by atoms with Crippen molar-refractivity contribution in [3.63, 3.8) is 0 Å². The number of benzene rings is 1. The Hall–Kier alpha value is -1.35. The van der Waals surface area contributed by atoms with E-state index in [-0.39, 0.29) is 6.04 Å². The minimum absolute atomic E-state index is 0.0272. The largest absolute Gasteiger partial charge is 0.481 e. The predicted molar refractivity (Wildman–Crippen MR) is 76.2 cm³/mol. The molecule has 3 heteroatoms. The smallest absolute Gasteiger partial charge is 0.311 e. The van der Waals surface area contributed by atoms with E-state index < -0.39 is 11.4 Å². The molecule has 1 aliphatic carbocycles. The zero-order chi connectivity index (χ0) is 14.0. The minimum atomic E-state index is -0.663. The van der Waals surface area contributed by atoms with E-state index in [4.69, 9.17) is 0 Å². The lowest BCUT2D eigenvalue weighted by atomic mass is 9.88. The normalized spacial score (nSPS) is 18.3. The quantitative estimate of drug-likeness (QED) is 0.855. The van der Waals surface area contributed by atoms with E-state index >= 15 is 0 Å². The van der Waals surface area contributed by atoms with Crippen molar-refractivity contribution in [2.24, 2.45) is 5.41 Å². The van der Waals surface area contributed by atoms with Crippen molar-refractivity contribution >= 4 is 5.97 Å². The van der Waals surface area contributed by atoms with Crippen LogP contribution in [0.25, 0.3) is 0 Å². The van der Waals surface area contributed by atoms with Gasteiger partial charge in [0.1, 0.15) is 0 Å². The second-order valence-electron chi connectivity index (χ2n) is 5.82. The molecule has 0 radical (unpaired) electrons. The van der Waals surface area contributed by atoms with Crippen LogP contribution in [0.4, 0.5) is 0 Å². The fourth-order valence-corrected chi connectivity index (χ4v) is 3.01. The first-order valence-corrected chi connectivity index (χ1v) is 7.00. The number of aliphatic carboxylic acids is 1. The molecule has 1 N–H and O–H groups in total. The number of hydrogen-bond donors (Lipinski definition) is 1. The van der Waals surface area contributed by atoms with Crippen LogP contribution in [0.5, 0.6) is 0 Å². The zero-order valence-corrected chi connectivity index (χ0v) is 12.0. The maximum atomic E-state index is 11.5. The van der Waals surface area contributed by atoms with Crippen LogP contribution < -0.4 is 0 Å². The van der Waals surface area contributed by atoms with Gasteiger partial charge in [-0.15, -0.1) is 0 Å². The van der Waals surface area contributed by atoms with Gasteiger partial charge >= 0.3 is 5.97 Å². The van der Waals surface area contributed by atoms with Gasteiger partial charge in [-0.25, -0.2) is 0 Å². The van der Waals surface area contributed by atoms with Crippen molar-refractivity contribution in [3.05, 3.63) is 35.4 Å². The number of nitrogens with zero attached hydrogens (tertiary/aromatic N) is 1. The molecule has 1 aromatic carbocycles. The summed E-state index contributed by atoms with van der Waals surface area (Å²) in [6, 6.07) is 8.43. The summed E-state index contributed by atoms with van der Waals surface area (Å²) in [5.74, 6) is -0.663. The van der Waals surface area contributed by atoms with E-state index in [0.717, 1.165) is 31.2 Å². The van der Waals surface area contributed by atoms with Crippen molar-refractivity contribution in [3.8, 4) is 0 Å². The van der Waals surface area contributed by atoms with E-state index in [2.05, 4.69) is 31.2 Å². The standard InChI is InChI=1S/C16H23NO2/c1-4-5-12-6-8-13(9-7-12)14(17(2)3)16(10-11-16)15(18)19/h6-9,14H,4-5,10-11H2,1-3H3,(H,18,19). The molecule has 1 unspecified atom stereocenters. The van der Waals surface area contributed by atoms with Gasteiger partial charge in [-0.3, -0.25) is 4.79 Å². The molecule has 0 spiro atoms. The highest BCUT2D eigenvalue weighted by Crippen LogP contribution is 2.56. The molecule has 19 heavy (non-hydrogen) atoms. The Morgan fingerprint density at radius 1 is 1.32 bits per heavy atom. The Labute approximate surface area is 115 Å². The molecule has 0 aromatic heterocycles. The highest BCUT2D eigenvalue weighted by atomic mass is 16.4. The maximum absolute atomic E-state index is 11.5. The van der Waals surface area contributed by atoms with E-state index in [1.54, 1.807) is 0 Å². The van der Waals surface area contributed by atoms with E-state index in [9.17, 15) is 9.90 Å². The highest BCUT2D eigenvalue weighted by molar-refractivity contribution is 5.79. The Balaban J connectivity index is 2.27. The van der Waals surface area contributed by atoms with Gasteiger partial charge in [0.05, 0.1) is 11.5 Å². The van der Waals surface area contributed by atoms with Gasteiger partial charge in [-0.1, -0.05) is 37.6 Å². The Morgan fingerprint density at radius 2 is 1.89 bits per heavy atom. The summed E-state index contributed by atoms with van der Waals surface area (Å²) in [7, 11) is 3.93. The SMILES string of the molecule is CCCc1ccc(C(N(C)C)C2(C(=O)O)CC2)cc1. The molecule has 0 heterocycles. The minimum Gasteiger partial charge on any atom is -0.481 e.